The Labute approximate surface area is 86.7 Å². The molecule has 0 saturated carbocycles. The van der Waals surface area contributed by atoms with Crippen molar-refractivity contribution in [2.75, 3.05) is 13.1 Å². The second-order valence-electron chi connectivity index (χ2n) is 3.52. The molecule has 14 heavy (non-hydrogen) atoms. The van der Waals surface area contributed by atoms with Crippen LogP contribution in [0.3, 0.4) is 0 Å². The van der Waals surface area contributed by atoms with Crippen molar-refractivity contribution in [1.82, 2.24) is 9.47 Å². The van der Waals surface area contributed by atoms with Crippen LogP contribution in [-0.2, 0) is 7.05 Å². The van der Waals surface area contributed by atoms with E-state index in [0.717, 1.165) is 0 Å². The number of nitrogens with zero attached hydrogens (tertiary/aromatic N) is 2. The molecule has 1 aromatic rings. The molecule has 0 aromatic carbocycles. The number of aliphatic hydroxyl groups is 1. The van der Waals surface area contributed by atoms with Gasteiger partial charge in [-0.15, -0.1) is 0 Å². The van der Waals surface area contributed by atoms with E-state index in [-0.39, 0.29) is 12.0 Å². The fourth-order valence-electron chi connectivity index (χ4n) is 1.52. The molecular weight excluding hydrogens is 204 g/mol. The van der Waals surface area contributed by atoms with Gasteiger partial charge in [0.05, 0.1) is 11.1 Å². The van der Waals surface area contributed by atoms with E-state index >= 15 is 0 Å². The zero-order valence-corrected chi connectivity index (χ0v) is 8.53. The molecule has 1 fully saturated rings. The zero-order chi connectivity index (χ0) is 10.3. The number of aliphatic hydroxyl groups excluding tert-OH is 1. The van der Waals surface area contributed by atoms with Gasteiger partial charge >= 0.3 is 0 Å². The van der Waals surface area contributed by atoms with E-state index in [1.165, 1.54) is 0 Å². The lowest BCUT2D eigenvalue weighted by Gasteiger charge is -2.35. The second-order valence-corrected chi connectivity index (χ2v) is 3.95. The molecule has 1 N–H and O–H groups in total. The van der Waals surface area contributed by atoms with Gasteiger partial charge in [0.15, 0.2) is 0 Å². The summed E-state index contributed by atoms with van der Waals surface area (Å²) in [5.74, 6) is -0.0790. The second kappa shape index (κ2) is 3.29. The van der Waals surface area contributed by atoms with E-state index in [2.05, 4.69) is 0 Å². The van der Waals surface area contributed by atoms with Crippen molar-refractivity contribution in [2.24, 2.45) is 7.05 Å². The molecule has 5 heteroatoms. The Bertz CT molecular complexity index is 369. The van der Waals surface area contributed by atoms with Crippen LogP contribution in [0.5, 0.6) is 0 Å². The molecule has 1 aliphatic rings. The van der Waals surface area contributed by atoms with Gasteiger partial charge in [0.1, 0.15) is 5.69 Å². The highest BCUT2D eigenvalue weighted by atomic mass is 35.5. The summed E-state index contributed by atoms with van der Waals surface area (Å²) < 4.78 is 1.69. The number of halogens is 1. The van der Waals surface area contributed by atoms with Crippen molar-refractivity contribution in [1.29, 1.82) is 0 Å². The van der Waals surface area contributed by atoms with E-state index in [1.54, 1.807) is 28.8 Å². The average Bonchev–Trinajstić information content (AvgIpc) is 2.39. The van der Waals surface area contributed by atoms with Crippen molar-refractivity contribution < 1.29 is 9.90 Å². The third-order valence-corrected chi connectivity index (χ3v) is 2.55. The number of aryl methyl sites for hydroxylation is 1. The van der Waals surface area contributed by atoms with Crippen molar-refractivity contribution in [3.05, 3.63) is 23.0 Å². The predicted molar refractivity (Wildman–Crippen MR) is 52.3 cm³/mol. The Morgan fingerprint density at radius 3 is 2.71 bits per heavy atom. The van der Waals surface area contributed by atoms with E-state index < -0.39 is 0 Å². The number of hydrogen-bond donors (Lipinski definition) is 1. The number of carbonyl (C=O) groups is 1. The number of carbonyl (C=O) groups excluding carboxylic acids is 1. The summed E-state index contributed by atoms with van der Waals surface area (Å²) in [6, 6.07) is 1.63. The number of likely N-dealkylation sites (tertiary alicyclic amines) is 1. The van der Waals surface area contributed by atoms with Crippen LogP contribution in [-0.4, -0.2) is 39.7 Å². The summed E-state index contributed by atoms with van der Waals surface area (Å²) in [6.07, 6.45) is 1.32. The molecular formula is C9H11ClN2O2. The fraction of sp³-hybridized carbons (Fsp3) is 0.444. The lowest BCUT2D eigenvalue weighted by molar-refractivity contribution is 0.00526. The molecule has 0 radical (unpaired) electrons. The molecule has 2 heterocycles. The third-order valence-electron chi connectivity index (χ3n) is 2.34. The van der Waals surface area contributed by atoms with Gasteiger partial charge in [0.25, 0.3) is 5.91 Å². The summed E-state index contributed by atoms with van der Waals surface area (Å²) in [5, 5.41) is 9.61. The maximum Gasteiger partial charge on any atom is 0.270 e. The lowest BCUT2D eigenvalue weighted by Crippen LogP contribution is -2.53. The first-order chi connectivity index (χ1) is 6.58. The highest BCUT2D eigenvalue weighted by molar-refractivity contribution is 6.31. The average molecular weight is 215 g/mol. The highest BCUT2D eigenvalue weighted by Gasteiger charge is 2.30. The van der Waals surface area contributed by atoms with E-state index in [9.17, 15) is 4.79 Å². The molecule has 0 bridgehead atoms. The molecule has 1 amide bonds. The first-order valence-electron chi connectivity index (χ1n) is 4.37. The summed E-state index contributed by atoms with van der Waals surface area (Å²) in [4.78, 5) is 13.3. The van der Waals surface area contributed by atoms with Gasteiger partial charge in [-0.25, -0.2) is 0 Å². The number of hydrogen-bond acceptors (Lipinski definition) is 2. The van der Waals surface area contributed by atoms with Crippen LogP contribution in [0, 0.1) is 0 Å². The first kappa shape index (κ1) is 9.55. The summed E-state index contributed by atoms with van der Waals surface area (Å²) >= 11 is 5.76. The smallest absolute Gasteiger partial charge is 0.270 e. The predicted octanol–water partition coefficient (Wildman–Crippen LogP) is 0.495. The van der Waals surface area contributed by atoms with Gasteiger partial charge < -0.3 is 14.6 Å². The minimum absolute atomic E-state index is 0.0790. The largest absolute Gasteiger partial charge is 0.389 e. The first-order valence-corrected chi connectivity index (χ1v) is 4.75. The van der Waals surface area contributed by atoms with Crippen LogP contribution < -0.4 is 0 Å². The summed E-state index contributed by atoms with van der Waals surface area (Å²) in [7, 11) is 1.77. The minimum atomic E-state index is -0.366. The summed E-state index contributed by atoms with van der Waals surface area (Å²) in [6.45, 7) is 0.837. The van der Waals surface area contributed by atoms with Crippen molar-refractivity contribution >= 4 is 17.5 Å². The number of rotatable bonds is 1. The quantitative estimate of drug-likeness (QED) is 0.740. The van der Waals surface area contributed by atoms with Crippen LogP contribution in [0.15, 0.2) is 12.3 Å². The monoisotopic (exact) mass is 214 g/mol. The van der Waals surface area contributed by atoms with Gasteiger partial charge in [0.2, 0.25) is 0 Å². The molecule has 4 nitrogen and oxygen atoms in total. The minimum Gasteiger partial charge on any atom is -0.389 e. The van der Waals surface area contributed by atoms with E-state index in [1.807, 2.05) is 0 Å². The van der Waals surface area contributed by atoms with Crippen LogP contribution in [0.2, 0.25) is 5.02 Å². The molecule has 0 aliphatic carbocycles. The van der Waals surface area contributed by atoms with Crippen molar-refractivity contribution in [3.63, 3.8) is 0 Å². The Morgan fingerprint density at radius 2 is 2.29 bits per heavy atom. The molecule has 1 saturated heterocycles. The zero-order valence-electron chi connectivity index (χ0n) is 7.77. The normalized spacial score (nSPS) is 16.9. The maximum absolute atomic E-state index is 11.7. The molecule has 2 rings (SSSR count). The molecule has 1 aliphatic heterocycles. The van der Waals surface area contributed by atoms with Gasteiger partial charge in [-0.2, -0.15) is 0 Å². The Kier molecular flexibility index (Phi) is 2.25. The number of aromatic nitrogens is 1. The number of β-amino-alcohol motifs (C(OH)–C–C–N with tert-alkyl or cyclic N) is 1. The van der Waals surface area contributed by atoms with E-state index in [4.69, 9.17) is 16.7 Å². The van der Waals surface area contributed by atoms with Crippen molar-refractivity contribution in [2.45, 2.75) is 6.10 Å². The Morgan fingerprint density at radius 1 is 1.64 bits per heavy atom. The van der Waals surface area contributed by atoms with Crippen LogP contribution in [0.1, 0.15) is 10.5 Å². The fourth-order valence-corrected chi connectivity index (χ4v) is 1.77. The third kappa shape index (κ3) is 1.51. The molecule has 0 unspecified atom stereocenters. The SMILES string of the molecule is Cn1cc(Cl)cc1C(=O)N1CC(O)C1. The lowest BCUT2D eigenvalue weighted by atomic mass is 10.1. The van der Waals surface area contributed by atoms with Crippen LogP contribution >= 0.6 is 11.6 Å². The Hall–Kier alpha value is -1.00. The molecule has 1 aromatic heterocycles. The highest BCUT2D eigenvalue weighted by Crippen LogP contribution is 2.17. The van der Waals surface area contributed by atoms with Gasteiger partial charge in [-0.1, -0.05) is 11.6 Å². The standard InChI is InChI=1S/C9H11ClN2O2/c1-11-3-6(10)2-8(11)9(14)12-4-7(13)5-12/h2-3,7,13H,4-5H2,1H3. The molecule has 0 atom stereocenters. The van der Waals surface area contributed by atoms with Gasteiger partial charge in [-0.3, -0.25) is 4.79 Å². The Balaban J connectivity index is 2.15. The number of amides is 1. The molecule has 0 spiro atoms. The maximum atomic E-state index is 11.7. The summed E-state index contributed by atoms with van der Waals surface area (Å²) in [5.41, 5.74) is 0.557. The topological polar surface area (TPSA) is 45.5 Å². The van der Waals surface area contributed by atoms with Crippen LogP contribution in [0.25, 0.3) is 0 Å². The van der Waals surface area contributed by atoms with Gasteiger partial charge in [0, 0.05) is 26.3 Å². The van der Waals surface area contributed by atoms with Gasteiger partial charge in [-0.05, 0) is 6.07 Å². The molecule has 76 valence electrons. The van der Waals surface area contributed by atoms with Crippen molar-refractivity contribution in [3.8, 4) is 0 Å². The van der Waals surface area contributed by atoms with E-state index in [0.29, 0.717) is 23.8 Å². The van der Waals surface area contributed by atoms with Crippen LogP contribution in [0.4, 0.5) is 0 Å².